The number of anilines is 3. The van der Waals surface area contributed by atoms with Crippen molar-refractivity contribution in [3.63, 3.8) is 0 Å². The maximum atomic E-state index is 13.8. The van der Waals surface area contributed by atoms with Crippen LogP contribution in [0.25, 0.3) is 0 Å². The van der Waals surface area contributed by atoms with Crippen molar-refractivity contribution in [2.45, 2.75) is 18.9 Å². The zero-order valence-corrected chi connectivity index (χ0v) is 15.9. The zero-order valence-electron chi connectivity index (χ0n) is 15.9. The minimum atomic E-state index is -0.305. The summed E-state index contributed by atoms with van der Waals surface area (Å²) in [7, 11) is 0. The molecule has 1 saturated heterocycles. The van der Waals surface area contributed by atoms with Crippen molar-refractivity contribution < 1.29 is 9.53 Å². The Balaban J connectivity index is 1.71. The van der Waals surface area contributed by atoms with E-state index in [1.807, 2.05) is 30.3 Å². The molecular formula is C21H22N6O2. The van der Waals surface area contributed by atoms with Gasteiger partial charge in [0, 0.05) is 44.0 Å². The maximum Gasteiger partial charge on any atom is 0.350 e. The van der Waals surface area contributed by atoms with Gasteiger partial charge in [0.25, 0.3) is 0 Å². The highest BCUT2D eigenvalue weighted by molar-refractivity contribution is 6.06. The predicted octanol–water partition coefficient (Wildman–Crippen LogP) is 3.32. The summed E-state index contributed by atoms with van der Waals surface area (Å²) in [5.74, 6) is 0.302. The summed E-state index contributed by atoms with van der Waals surface area (Å²) in [6, 6.07) is 14.5. The highest BCUT2D eigenvalue weighted by Gasteiger charge is 2.29. The fourth-order valence-electron chi connectivity index (χ4n) is 3.14. The van der Waals surface area contributed by atoms with E-state index < -0.39 is 0 Å². The maximum absolute atomic E-state index is 13.8. The molecule has 8 heteroatoms. The Bertz CT molecular complexity index is 865. The van der Waals surface area contributed by atoms with Crippen LogP contribution >= 0.6 is 0 Å². The van der Waals surface area contributed by atoms with Crippen LogP contribution in [0.3, 0.4) is 0 Å². The van der Waals surface area contributed by atoms with Crippen molar-refractivity contribution >= 4 is 23.4 Å². The van der Waals surface area contributed by atoms with Gasteiger partial charge in [0.1, 0.15) is 0 Å². The van der Waals surface area contributed by atoms with Crippen LogP contribution in [-0.4, -0.2) is 40.2 Å². The van der Waals surface area contributed by atoms with Gasteiger partial charge in [-0.05, 0) is 43.2 Å². The molecule has 1 aliphatic rings. The van der Waals surface area contributed by atoms with E-state index in [0.29, 0.717) is 30.5 Å². The number of rotatable bonds is 5. The van der Waals surface area contributed by atoms with E-state index in [4.69, 9.17) is 4.74 Å². The highest BCUT2D eigenvalue weighted by atomic mass is 16.5. The largest absolute Gasteiger partial charge is 0.381 e. The number of hydrazine groups is 1. The molecule has 0 bridgehead atoms. The van der Waals surface area contributed by atoms with Crippen molar-refractivity contribution in [2.75, 3.05) is 23.1 Å². The third-order valence-electron chi connectivity index (χ3n) is 4.60. The van der Waals surface area contributed by atoms with Gasteiger partial charge in [0.05, 0.1) is 11.4 Å². The number of carbonyl (C=O) groups is 1. The quantitative estimate of drug-likeness (QED) is 0.673. The Labute approximate surface area is 169 Å². The fraction of sp³-hybridized carbons (Fsp3) is 0.238. The van der Waals surface area contributed by atoms with Crippen LogP contribution in [-0.2, 0) is 4.74 Å². The molecule has 2 amide bonds. The molecular weight excluding hydrogens is 368 g/mol. The minimum Gasteiger partial charge on any atom is -0.381 e. The van der Waals surface area contributed by atoms with E-state index >= 15 is 0 Å². The number of nitrogens with one attached hydrogen (secondary N) is 1. The number of nitrogens with zero attached hydrogens (tertiary/aromatic N) is 5. The Kier molecular flexibility index (Phi) is 6.04. The summed E-state index contributed by atoms with van der Waals surface area (Å²) >= 11 is 0. The molecule has 0 radical (unpaired) electrons. The summed E-state index contributed by atoms with van der Waals surface area (Å²) in [6.07, 6.45) is 8.20. The van der Waals surface area contributed by atoms with Crippen LogP contribution < -0.4 is 15.3 Å². The van der Waals surface area contributed by atoms with Gasteiger partial charge in [-0.1, -0.05) is 18.2 Å². The average Bonchev–Trinajstić information content (AvgIpc) is 2.80. The molecule has 1 fully saturated rings. The van der Waals surface area contributed by atoms with Crippen molar-refractivity contribution in [1.29, 1.82) is 0 Å². The van der Waals surface area contributed by atoms with E-state index in [0.717, 1.165) is 12.8 Å². The normalized spacial score (nSPS) is 14.3. The second-order valence-electron chi connectivity index (χ2n) is 6.56. The zero-order chi connectivity index (χ0) is 19.9. The number of amides is 2. The number of benzene rings is 1. The molecule has 3 heterocycles. The van der Waals surface area contributed by atoms with Crippen LogP contribution in [0, 0.1) is 0 Å². The molecule has 0 unspecified atom stereocenters. The lowest BCUT2D eigenvalue weighted by Gasteiger charge is -2.34. The van der Waals surface area contributed by atoms with Crippen LogP contribution in [0.4, 0.5) is 22.1 Å². The topological polar surface area (TPSA) is 83.5 Å². The first-order chi connectivity index (χ1) is 14.3. The molecule has 1 N–H and O–H groups in total. The van der Waals surface area contributed by atoms with Gasteiger partial charge in [-0.2, -0.15) is 0 Å². The van der Waals surface area contributed by atoms with Crippen LogP contribution in [0.15, 0.2) is 73.3 Å². The van der Waals surface area contributed by atoms with Gasteiger partial charge in [0.2, 0.25) is 5.95 Å². The monoisotopic (exact) mass is 390 g/mol. The molecule has 0 spiro atoms. The van der Waals surface area contributed by atoms with Crippen LogP contribution in [0.5, 0.6) is 0 Å². The average molecular weight is 390 g/mol. The van der Waals surface area contributed by atoms with Gasteiger partial charge >= 0.3 is 6.03 Å². The van der Waals surface area contributed by atoms with E-state index in [1.54, 1.807) is 48.0 Å². The van der Waals surface area contributed by atoms with E-state index in [2.05, 4.69) is 20.4 Å². The Morgan fingerprint density at radius 2 is 1.59 bits per heavy atom. The number of aromatic nitrogens is 3. The SMILES string of the molecule is O=C(N(NC1CCOCC1)c1ccncc1)N(c1ccccc1)c1ncccn1. The predicted molar refractivity (Wildman–Crippen MR) is 110 cm³/mol. The second kappa shape index (κ2) is 9.22. The molecule has 3 aromatic rings. The number of hydrogen-bond donors (Lipinski definition) is 1. The van der Waals surface area contributed by atoms with Gasteiger partial charge in [0.15, 0.2) is 0 Å². The van der Waals surface area contributed by atoms with Gasteiger partial charge in [-0.3, -0.25) is 4.98 Å². The smallest absolute Gasteiger partial charge is 0.350 e. The summed E-state index contributed by atoms with van der Waals surface area (Å²) in [6.45, 7) is 1.33. The summed E-state index contributed by atoms with van der Waals surface area (Å²) in [4.78, 5) is 28.0. The fourth-order valence-corrected chi connectivity index (χ4v) is 3.14. The molecule has 0 saturated carbocycles. The molecule has 1 aliphatic heterocycles. The molecule has 1 aromatic carbocycles. The van der Waals surface area contributed by atoms with Crippen molar-refractivity contribution in [2.24, 2.45) is 0 Å². The third-order valence-corrected chi connectivity index (χ3v) is 4.60. The molecule has 2 aromatic heterocycles. The number of para-hydroxylation sites is 1. The number of ether oxygens (including phenoxy) is 1. The minimum absolute atomic E-state index is 0.121. The molecule has 8 nitrogen and oxygen atoms in total. The number of urea groups is 1. The Hall–Kier alpha value is -3.36. The first kappa shape index (κ1) is 19.0. The van der Waals surface area contributed by atoms with Gasteiger partial charge in [-0.25, -0.2) is 30.1 Å². The second-order valence-corrected chi connectivity index (χ2v) is 6.56. The third kappa shape index (κ3) is 4.56. The molecule has 29 heavy (non-hydrogen) atoms. The van der Waals surface area contributed by atoms with Gasteiger partial charge < -0.3 is 4.74 Å². The standard InChI is InChI=1S/C21H22N6O2/c28-21(26(18-5-2-1-3-6-18)20-23-11-4-12-24-20)27(19-7-13-22-14-8-19)25-17-9-15-29-16-10-17/h1-8,11-14,17,25H,9-10,15-16H2. The first-order valence-electron chi connectivity index (χ1n) is 9.53. The Morgan fingerprint density at radius 1 is 0.897 bits per heavy atom. The lowest BCUT2D eigenvalue weighted by Crippen LogP contribution is -2.54. The van der Waals surface area contributed by atoms with E-state index in [-0.39, 0.29) is 12.1 Å². The van der Waals surface area contributed by atoms with Gasteiger partial charge in [-0.15, -0.1) is 0 Å². The van der Waals surface area contributed by atoms with Crippen LogP contribution in [0.1, 0.15) is 12.8 Å². The van der Waals surface area contributed by atoms with E-state index in [9.17, 15) is 4.79 Å². The first-order valence-corrected chi connectivity index (χ1v) is 9.53. The molecule has 0 atom stereocenters. The highest BCUT2D eigenvalue weighted by Crippen LogP contribution is 2.25. The summed E-state index contributed by atoms with van der Waals surface area (Å²) in [5, 5.41) is 1.54. The van der Waals surface area contributed by atoms with Crippen molar-refractivity contribution in [3.05, 3.63) is 73.3 Å². The summed E-state index contributed by atoms with van der Waals surface area (Å²) in [5.41, 5.74) is 4.74. The lowest BCUT2D eigenvalue weighted by molar-refractivity contribution is 0.0777. The molecule has 148 valence electrons. The molecule has 0 aliphatic carbocycles. The van der Waals surface area contributed by atoms with E-state index in [1.165, 1.54) is 4.90 Å². The lowest BCUT2D eigenvalue weighted by atomic mass is 10.1. The number of carbonyl (C=O) groups excluding carboxylic acids is 1. The van der Waals surface area contributed by atoms with Crippen molar-refractivity contribution in [3.8, 4) is 0 Å². The number of hydrogen-bond acceptors (Lipinski definition) is 6. The molecule has 4 rings (SSSR count). The Morgan fingerprint density at radius 3 is 2.28 bits per heavy atom. The summed E-state index contributed by atoms with van der Waals surface area (Å²) < 4.78 is 5.45. The van der Waals surface area contributed by atoms with Crippen molar-refractivity contribution in [1.82, 2.24) is 20.4 Å². The number of pyridine rings is 1. The van der Waals surface area contributed by atoms with Crippen LogP contribution in [0.2, 0.25) is 0 Å².